The second-order valence-electron chi connectivity index (χ2n) is 15.0. The van der Waals surface area contributed by atoms with E-state index in [1.54, 1.807) is 0 Å². The minimum Gasteiger partial charge on any atom is -0.462 e. The van der Waals surface area contributed by atoms with Gasteiger partial charge in [0, 0.05) is 12.8 Å². The molecular formula is C43H79NO8P+. The molecule has 0 radical (unpaired) electrons. The van der Waals surface area contributed by atoms with E-state index in [-0.39, 0.29) is 32.0 Å². The molecule has 0 aromatic rings. The summed E-state index contributed by atoms with van der Waals surface area (Å²) in [5.74, 6) is -0.828. The summed E-state index contributed by atoms with van der Waals surface area (Å²) in [5.41, 5.74) is 0. The third-order valence-corrected chi connectivity index (χ3v) is 9.61. The van der Waals surface area contributed by atoms with Gasteiger partial charge in [-0.3, -0.25) is 18.6 Å². The Hall–Kier alpha value is -2.03. The number of esters is 2. The van der Waals surface area contributed by atoms with E-state index in [0.29, 0.717) is 17.4 Å². The number of ether oxygens (including phenoxy) is 2. The lowest BCUT2D eigenvalue weighted by Gasteiger charge is -2.24. The van der Waals surface area contributed by atoms with Gasteiger partial charge in [0.1, 0.15) is 19.8 Å². The Labute approximate surface area is 324 Å². The van der Waals surface area contributed by atoms with E-state index in [4.69, 9.17) is 18.5 Å². The second kappa shape index (κ2) is 35.7. The number of allylic oxidation sites excluding steroid dienone is 8. The first kappa shape index (κ1) is 51.0. The Morgan fingerprint density at radius 1 is 0.604 bits per heavy atom. The minimum absolute atomic E-state index is 0.0258. The number of phosphoric ester groups is 1. The van der Waals surface area contributed by atoms with Crippen LogP contribution in [-0.2, 0) is 32.7 Å². The van der Waals surface area contributed by atoms with Gasteiger partial charge in [-0.25, -0.2) is 4.57 Å². The lowest BCUT2D eigenvalue weighted by molar-refractivity contribution is -0.870. The predicted octanol–water partition coefficient (Wildman–Crippen LogP) is 11.5. The van der Waals surface area contributed by atoms with Crippen molar-refractivity contribution < 1.29 is 42.1 Å². The third kappa shape index (κ3) is 39.5. The molecule has 0 amide bonds. The molecule has 0 aromatic carbocycles. The van der Waals surface area contributed by atoms with Crippen LogP contribution in [0.5, 0.6) is 0 Å². The van der Waals surface area contributed by atoms with Crippen LogP contribution in [-0.4, -0.2) is 74.9 Å². The van der Waals surface area contributed by atoms with Crippen molar-refractivity contribution in [2.24, 2.45) is 0 Å². The highest BCUT2D eigenvalue weighted by Crippen LogP contribution is 2.43. The van der Waals surface area contributed by atoms with Gasteiger partial charge in [-0.05, 0) is 51.4 Å². The maximum absolute atomic E-state index is 12.7. The molecule has 0 spiro atoms. The predicted molar refractivity (Wildman–Crippen MR) is 220 cm³/mol. The molecule has 0 aliphatic carbocycles. The molecule has 9 nitrogen and oxygen atoms in total. The molecule has 0 aliphatic rings. The van der Waals surface area contributed by atoms with Crippen LogP contribution in [0.1, 0.15) is 162 Å². The summed E-state index contributed by atoms with van der Waals surface area (Å²) in [6, 6.07) is 0. The van der Waals surface area contributed by atoms with Crippen molar-refractivity contribution in [1.82, 2.24) is 0 Å². The summed E-state index contributed by atoms with van der Waals surface area (Å²) in [5, 5.41) is 0. The molecule has 0 fully saturated rings. The maximum atomic E-state index is 12.7. The van der Waals surface area contributed by atoms with Gasteiger partial charge in [0.25, 0.3) is 0 Å². The Morgan fingerprint density at radius 3 is 1.60 bits per heavy atom. The molecule has 0 bridgehead atoms. The summed E-state index contributed by atoms with van der Waals surface area (Å²) < 4.78 is 34.2. The monoisotopic (exact) mass is 769 g/mol. The summed E-state index contributed by atoms with van der Waals surface area (Å²) in [6.45, 7) is 4.26. The summed E-state index contributed by atoms with van der Waals surface area (Å²) in [6.07, 6.45) is 40.1. The molecule has 2 atom stereocenters. The lowest BCUT2D eigenvalue weighted by atomic mass is 10.0. The average Bonchev–Trinajstić information content (AvgIpc) is 3.10. The number of carbonyl (C=O) groups is 2. The van der Waals surface area contributed by atoms with Gasteiger partial charge in [-0.2, -0.15) is 0 Å². The topological polar surface area (TPSA) is 108 Å². The highest BCUT2D eigenvalue weighted by Gasteiger charge is 2.27. The number of unbranched alkanes of at least 4 members (excludes halogenated alkanes) is 15. The fraction of sp³-hybridized carbons (Fsp3) is 0.767. The van der Waals surface area contributed by atoms with Gasteiger partial charge in [0.05, 0.1) is 27.7 Å². The third-order valence-electron chi connectivity index (χ3n) is 8.62. The summed E-state index contributed by atoms with van der Waals surface area (Å²) >= 11 is 0. The van der Waals surface area contributed by atoms with E-state index in [1.807, 2.05) is 21.1 Å². The van der Waals surface area contributed by atoms with Crippen molar-refractivity contribution in [1.29, 1.82) is 0 Å². The van der Waals surface area contributed by atoms with Gasteiger partial charge >= 0.3 is 19.8 Å². The molecule has 0 saturated heterocycles. The van der Waals surface area contributed by atoms with Crippen LogP contribution in [0.2, 0.25) is 0 Å². The normalized spacial score (nSPS) is 14.2. The van der Waals surface area contributed by atoms with Crippen molar-refractivity contribution >= 4 is 19.8 Å². The Bertz CT molecular complexity index is 1050. The average molecular weight is 769 g/mol. The number of hydrogen-bond acceptors (Lipinski definition) is 7. The molecule has 0 saturated carbocycles. The number of quaternary nitrogens is 1. The van der Waals surface area contributed by atoms with Crippen LogP contribution in [0.25, 0.3) is 0 Å². The minimum atomic E-state index is -4.38. The highest BCUT2D eigenvalue weighted by molar-refractivity contribution is 7.47. The smallest absolute Gasteiger partial charge is 0.462 e. The Balaban J connectivity index is 4.44. The molecule has 53 heavy (non-hydrogen) atoms. The first-order chi connectivity index (χ1) is 25.5. The van der Waals surface area contributed by atoms with Crippen molar-refractivity contribution in [3.8, 4) is 0 Å². The quantitative estimate of drug-likeness (QED) is 0.0219. The van der Waals surface area contributed by atoms with Gasteiger partial charge < -0.3 is 18.9 Å². The van der Waals surface area contributed by atoms with Crippen LogP contribution in [0, 0.1) is 0 Å². The van der Waals surface area contributed by atoms with Gasteiger partial charge in [-0.1, -0.05) is 146 Å². The summed E-state index contributed by atoms with van der Waals surface area (Å²) in [4.78, 5) is 35.3. The number of likely N-dealkylation sites (N-methyl/N-ethyl adjacent to an activating group) is 1. The van der Waals surface area contributed by atoms with E-state index < -0.39 is 26.5 Å². The zero-order valence-electron chi connectivity index (χ0n) is 34.5. The number of rotatable bonds is 37. The second-order valence-corrected chi connectivity index (χ2v) is 16.5. The first-order valence-corrected chi connectivity index (χ1v) is 22.4. The fourth-order valence-corrected chi connectivity index (χ4v) is 6.10. The zero-order valence-corrected chi connectivity index (χ0v) is 35.4. The van der Waals surface area contributed by atoms with Crippen molar-refractivity contribution in [3.05, 3.63) is 48.6 Å². The molecule has 0 heterocycles. The van der Waals surface area contributed by atoms with E-state index in [1.165, 1.54) is 57.8 Å². The van der Waals surface area contributed by atoms with Crippen LogP contribution >= 0.6 is 7.82 Å². The molecule has 1 unspecified atom stereocenters. The SMILES string of the molecule is CC/C=C\C/C=C\C/C=C\C/C=C\CCCCCCC(=O)O[C@H](COC(=O)CCCCCCCCCCCCCC)COP(=O)(O)OCC[N+](C)(C)C. The molecule has 308 valence electrons. The zero-order chi connectivity index (χ0) is 39.3. The van der Waals surface area contributed by atoms with Crippen LogP contribution < -0.4 is 0 Å². The van der Waals surface area contributed by atoms with Crippen molar-refractivity contribution in [2.45, 2.75) is 168 Å². The van der Waals surface area contributed by atoms with E-state index in [9.17, 15) is 19.0 Å². The number of nitrogens with zero attached hydrogens (tertiary/aromatic N) is 1. The number of phosphoric acid groups is 1. The fourth-order valence-electron chi connectivity index (χ4n) is 5.36. The number of carbonyl (C=O) groups excluding carboxylic acids is 2. The van der Waals surface area contributed by atoms with Gasteiger partial charge in [0.2, 0.25) is 0 Å². The molecule has 1 N–H and O–H groups in total. The molecule has 0 aromatic heterocycles. The van der Waals surface area contributed by atoms with Crippen LogP contribution in [0.4, 0.5) is 0 Å². The standard InChI is InChI=1S/C43H78NO8P/c1-6-8-10-12-14-16-18-20-21-22-23-24-26-28-30-32-34-36-43(46)52-41(40-51-53(47,48)50-38-37-44(3,4)5)39-49-42(45)35-33-31-29-27-25-19-17-15-13-11-9-7-2/h8,10,14,16,20-21,23-24,41H,6-7,9,11-13,15,17-19,22,25-40H2,1-5H3/p+1/b10-8-,16-14-,21-20-,24-23-/t41-/m1/s1. The van der Waals surface area contributed by atoms with E-state index >= 15 is 0 Å². The van der Waals surface area contributed by atoms with E-state index in [2.05, 4.69) is 62.5 Å². The summed E-state index contributed by atoms with van der Waals surface area (Å²) in [7, 11) is 1.45. The first-order valence-electron chi connectivity index (χ1n) is 20.9. The number of hydrogen-bond donors (Lipinski definition) is 1. The van der Waals surface area contributed by atoms with Gasteiger partial charge in [0.15, 0.2) is 6.10 Å². The molecule has 10 heteroatoms. The molecular weight excluding hydrogens is 689 g/mol. The van der Waals surface area contributed by atoms with Gasteiger partial charge in [-0.15, -0.1) is 0 Å². The van der Waals surface area contributed by atoms with Crippen LogP contribution in [0.3, 0.4) is 0 Å². The molecule has 0 rings (SSSR count). The Kier molecular flexibility index (Phi) is 34.3. The van der Waals surface area contributed by atoms with E-state index in [0.717, 1.165) is 70.6 Å². The largest absolute Gasteiger partial charge is 0.472 e. The Morgan fingerprint density at radius 2 is 1.08 bits per heavy atom. The van der Waals surface area contributed by atoms with Crippen LogP contribution in [0.15, 0.2) is 48.6 Å². The maximum Gasteiger partial charge on any atom is 0.472 e. The molecule has 0 aliphatic heterocycles. The van der Waals surface area contributed by atoms with Crippen molar-refractivity contribution in [2.75, 3.05) is 47.5 Å². The lowest BCUT2D eigenvalue weighted by Crippen LogP contribution is -2.37. The van der Waals surface area contributed by atoms with Crippen molar-refractivity contribution in [3.63, 3.8) is 0 Å². The highest BCUT2D eigenvalue weighted by atomic mass is 31.2.